The molecule has 1 aromatic carbocycles. The molecule has 0 aliphatic heterocycles. The van der Waals surface area contributed by atoms with Crippen molar-refractivity contribution >= 4 is 17.8 Å². The third-order valence-electron chi connectivity index (χ3n) is 2.37. The van der Waals surface area contributed by atoms with Gasteiger partial charge in [0.2, 0.25) is 0 Å². The highest BCUT2D eigenvalue weighted by molar-refractivity contribution is 5.90. The average molecular weight is 304 g/mol. The molecule has 1 rings (SSSR count). The van der Waals surface area contributed by atoms with E-state index >= 15 is 0 Å². The summed E-state index contributed by atoms with van der Waals surface area (Å²) in [5, 5.41) is 16.6. The molecule has 0 atom stereocenters. The number of anilines is 1. The van der Waals surface area contributed by atoms with Crippen molar-refractivity contribution in [3.63, 3.8) is 0 Å². The number of urea groups is 1. The highest BCUT2D eigenvalue weighted by Crippen LogP contribution is 2.12. The molecule has 7 nitrogen and oxygen atoms in total. The highest BCUT2D eigenvalue weighted by atomic mass is 16.6. The Bertz CT molecular complexity index is 573. The van der Waals surface area contributed by atoms with E-state index in [9.17, 15) is 9.59 Å². The second-order valence-corrected chi connectivity index (χ2v) is 5.47. The van der Waals surface area contributed by atoms with Gasteiger partial charge in [-0.25, -0.2) is 9.59 Å². The van der Waals surface area contributed by atoms with Gasteiger partial charge in [0.1, 0.15) is 11.7 Å². The van der Waals surface area contributed by atoms with Crippen LogP contribution < -0.4 is 16.0 Å². The van der Waals surface area contributed by atoms with E-state index in [4.69, 9.17) is 10.00 Å². The molecule has 0 fully saturated rings. The van der Waals surface area contributed by atoms with Gasteiger partial charge in [-0.3, -0.25) is 0 Å². The lowest BCUT2D eigenvalue weighted by Gasteiger charge is -2.19. The van der Waals surface area contributed by atoms with Crippen LogP contribution in [0.25, 0.3) is 0 Å². The Kier molecular flexibility index (Phi) is 6.20. The molecule has 0 saturated carbocycles. The van der Waals surface area contributed by atoms with Crippen LogP contribution in [-0.4, -0.2) is 30.8 Å². The molecule has 0 saturated heterocycles. The molecule has 3 N–H and O–H groups in total. The monoisotopic (exact) mass is 304 g/mol. The van der Waals surface area contributed by atoms with E-state index in [1.165, 1.54) is 0 Å². The Morgan fingerprint density at radius 1 is 1.18 bits per heavy atom. The summed E-state index contributed by atoms with van der Waals surface area (Å²) in [7, 11) is 0. The lowest BCUT2D eigenvalue weighted by Crippen LogP contribution is -2.39. The molecule has 0 bridgehead atoms. The van der Waals surface area contributed by atoms with Gasteiger partial charge in [-0.2, -0.15) is 5.26 Å². The first-order valence-corrected chi connectivity index (χ1v) is 6.82. The third-order valence-corrected chi connectivity index (χ3v) is 2.37. The molecule has 0 heterocycles. The number of para-hydroxylation sites is 1. The largest absolute Gasteiger partial charge is 0.444 e. The predicted octanol–water partition coefficient (Wildman–Crippen LogP) is 2.20. The number of alkyl carbamates (subject to hydrolysis) is 1. The third kappa shape index (κ3) is 6.61. The summed E-state index contributed by atoms with van der Waals surface area (Å²) in [5.74, 6) is 0. The summed E-state index contributed by atoms with van der Waals surface area (Å²) in [5.41, 5.74) is 0.253. The van der Waals surface area contributed by atoms with Gasteiger partial charge in [0.05, 0.1) is 11.3 Å². The number of nitrogens with zero attached hydrogens (tertiary/aromatic N) is 1. The van der Waals surface area contributed by atoms with E-state index in [1.54, 1.807) is 45.0 Å². The van der Waals surface area contributed by atoms with Crippen molar-refractivity contribution in [1.82, 2.24) is 10.6 Å². The van der Waals surface area contributed by atoms with Crippen LogP contribution in [0, 0.1) is 11.3 Å². The van der Waals surface area contributed by atoms with Gasteiger partial charge in [-0.05, 0) is 32.9 Å². The fourth-order valence-corrected chi connectivity index (χ4v) is 1.51. The molecule has 118 valence electrons. The second-order valence-electron chi connectivity index (χ2n) is 5.47. The zero-order chi connectivity index (χ0) is 16.6. The van der Waals surface area contributed by atoms with E-state index in [0.717, 1.165) is 0 Å². The number of carbonyl (C=O) groups excluding carboxylic acids is 2. The molecule has 0 unspecified atom stereocenters. The number of amides is 3. The van der Waals surface area contributed by atoms with Crippen LogP contribution in [0.4, 0.5) is 15.3 Å². The summed E-state index contributed by atoms with van der Waals surface area (Å²) in [6.07, 6.45) is -0.537. The molecule has 0 aromatic heterocycles. The first-order chi connectivity index (χ1) is 10.3. The Balaban J connectivity index is 2.30. The topological polar surface area (TPSA) is 103 Å². The van der Waals surface area contributed by atoms with E-state index in [-0.39, 0.29) is 13.1 Å². The first kappa shape index (κ1) is 17.3. The lowest BCUT2D eigenvalue weighted by atomic mass is 10.2. The molecule has 0 radical (unpaired) electrons. The van der Waals surface area contributed by atoms with Crippen molar-refractivity contribution in [2.45, 2.75) is 26.4 Å². The molecule has 22 heavy (non-hydrogen) atoms. The van der Waals surface area contributed by atoms with Gasteiger partial charge in [0.15, 0.2) is 0 Å². The van der Waals surface area contributed by atoms with Gasteiger partial charge in [-0.15, -0.1) is 0 Å². The summed E-state index contributed by atoms with van der Waals surface area (Å²) in [6.45, 7) is 5.78. The molecule has 3 amide bonds. The maximum absolute atomic E-state index is 11.7. The van der Waals surface area contributed by atoms with Crippen molar-refractivity contribution < 1.29 is 14.3 Å². The molecule has 0 aliphatic carbocycles. The van der Waals surface area contributed by atoms with E-state index in [1.807, 2.05) is 6.07 Å². The molecule has 0 aliphatic rings. The maximum atomic E-state index is 11.7. The SMILES string of the molecule is CC(C)(C)OC(=O)NCCNC(=O)Nc1ccccc1C#N. The normalized spacial score (nSPS) is 10.3. The molecule has 7 heteroatoms. The number of benzene rings is 1. The van der Waals surface area contributed by atoms with E-state index in [0.29, 0.717) is 11.3 Å². The number of nitriles is 1. The molecular formula is C15H20N4O3. The molecule has 1 aromatic rings. The van der Waals surface area contributed by atoms with Gasteiger partial charge in [0, 0.05) is 13.1 Å². The number of nitrogens with one attached hydrogen (secondary N) is 3. The summed E-state index contributed by atoms with van der Waals surface area (Å²) < 4.78 is 5.06. The number of rotatable bonds is 4. The van der Waals surface area contributed by atoms with Gasteiger partial charge < -0.3 is 20.7 Å². The zero-order valence-corrected chi connectivity index (χ0v) is 12.9. The van der Waals surface area contributed by atoms with Crippen LogP contribution in [0.5, 0.6) is 0 Å². The fraction of sp³-hybridized carbons (Fsp3) is 0.400. The van der Waals surface area contributed by atoms with Crippen LogP contribution in [-0.2, 0) is 4.74 Å². The number of carbonyl (C=O) groups is 2. The van der Waals surface area contributed by atoms with Crippen molar-refractivity contribution in [2.75, 3.05) is 18.4 Å². The van der Waals surface area contributed by atoms with Gasteiger partial charge >= 0.3 is 12.1 Å². The zero-order valence-electron chi connectivity index (χ0n) is 12.9. The minimum atomic E-state index is -0.560. The standard InChI is InChI=1S/C15H20N4O3/c1-15(2,3)22-14(21)18-9-8-17-13(20)19-12-7-5-4-6-11(12)10-16/h4-7H,8-9H2,1-3H3,(H,18,21)(H2,17,19,20). The fourth-order valence-electron chi connectivity index (χ4n) is 1.51. The van der Waals surface area contributed by atoms with Crippen LogP contribution >= 0.6 is 0 Å². The van der Waals surface area contributed by atoms with Crippen molar-refractivity contribution in [3.05, 3.63) is 29.8 Å². The highest BCUT2D eigenvalue weighted by Gasteiger charge is 2.15. The second kappa shape index (κ2) is 7.88. The van der Waals surface area contributed by atoms with Gasteiger partial charge in [0.25, 0.3) is 0 Å². The minimum Gasteiger partial charge on any atom is -0.444 e. The van der Waals surface area contributed by atoms with Crippen LogP contribution in [0.3, 0.4) is 0 Å². The van der Waals surface area contributed by atoms with Crippen molar-refractivity contribution in [2.24, 2.45) is 0 Å². The first-order valence-electron chi connectivity index (χ1n) is 6.82. The Hall–Kier alpha value is -2.75. The maximum Gasteiger partial charge on any atom is 0.407 e. The van der Waals surface area contributed by atoms with E-state index < -0.39 is 17.7 Å². The van der Waals surface area contributed by atoms with Gasteiger partial charge in [-0.1, -0.05) is 12.1 Å². The molecule has 0 spiro atoms. The Morgan fingerprint density at radius 3 is 2.45 bits per heavy atom. The number of ether oxygens (including phenoxy) is 1. The summed E-state index contributed by atoms with van der Waals surface area (Å²) in [4.78, 5) is 23.1. The minimum absolute atomic E-state index is 0.236. The number of hydrogen-bond donors (Lipinski definition) is 3. The van der Waals surface area contributed by atoms with Crippen LogP contribution in [0.15, 0.2) is 24.3 Å². The Labute approximate surface area is 129 Å². The lowest BCUT2D eigenvalue weighted by molar-refractivity contribution is 0.0528. The van der Waals surface area contributed by atoms with Crippen molar-refractivity contribution in [1.29, 1.82) is 5.26 Å². The average Bonchev–Trinajstić information content (AvgIpc) is 2.42. The smallest absolute Gasteiger partial charge is 0.407 e. The Morgan fingerprint density at radius 2 is 1.82 bits per heavy atom. The van der Waals surface area contributed by atoms with E-state index in [2.05, 4.69) is 16.0 Å². The molecular weight excluding hydrogens is 284 g/mol. The number of hydrogen-bond acceptors (Lipinski definition) is 4. The van der Waals surface area contributed by atoms with Crippen LogP contribution in [0.2, 0.25) is 0 Å². The summed E-state index contributed by atoms with van der Waals surface area (Å²) >= 11 is 0. The summed E-state index contributed by atoms with van der Waals surface area (Å²) in [6, 6.07) is 8.22. The quantitative estimate of drug-likeness (QED) is 0.742. The predicted molar refractivity (Wildman–Crippen MR) is 82.4 cm³/mol. The van der Waals surface area contributed by atoms with Crippen LogP contribution in [0.1, 0.15) is 26.3 Å². The van der Waals surface area contributed by atoms with Crippen molar-refractivity contribution in [3.8, 4) is 6.07 Å².